The van der Waals surface area contributed by atoms with E-state index < -0.39 is 0 Å². The minimum absolute atomic E-state index is 0.117. The van der Waals surface area contributed by atoms with Crippen molar-refractivity contribution in [2.75, 3.05) is 26.1 Å². The van der Waals surface area contributed by atoms with Gasteiger partial charge in [-0.05, 0) is 29.8 Å². The zero-order valence-electron chi connectivity index (χ0n) is 15.1. The Morgan fingerprint density at radius 2 is 1.78 bits per heavy atom. The van der Waals surface area contributed by atoms with Gasteiger partial charge in [-0.15, -0.1) is 11.3 Å². The number of hydrogen-bond donors (Lipinski definition) is 1. The summed E-state index contributed by atoms with van der Waals surface area (Å²) in [6.45, 7) is -0.117. The number of para-hydroxylation sites is 2. The van der Waals surface area contributed by atoms with Gasteiger partial charge < -0.3 is 14.2 Å². The van der Waals surface area contributed by atoms with Crippen molar-refractivity contribution in [2.45, 2.75) is 6.42 Å². The number of ether oxygens (including phenoxy) is 3. The molecule has 0 bridgehead atoms. The number of carbonyl (C=O) groups excluding carboxylic acids is 1. The molecule has 0 saturated heterocycles. The number of benzene rings is 2. The summed E-state index contributed by atoms with van der Waals surface area (Å²) in [5.41, 5.74) is 1.15. The molecule has 0 aliphatic carbocycles. The van der Waals surface area contributed by atoms with Crippen molar-refractivity contribution in [3.63, 3.8) is 0 Å². The number of thiazole rings is 1. The highest BCUT2D eigenvalue weighted by molar-refractivity contribution is 7.15. The monoisotopic (exact) mass is 384 g/mol. The fraction of sp³-hybridized carbons (Fsp3) is 0.200. The van der Waals surface area contributed by atoms with Gasteiger partial charge in [-0.25, -0.2) is 4.98 Å². The highest BCUT2D eigenvalue weighted by Crippen LogP contribution is 2.26. The third-order valence-corrected chi connectivity index (χ3v) is 4.68. The second-order valence-electron chi connectivity index (χ2n) is 5.64. The van der Waals surface area contributed by atoms with Crippen LogP contribution in [0.25, 0.3) is 0 Å². The summed E-state index contributed by atoms with van der Waals surface area (Å²) in [5.74, 6) is 1.66. The van der Waals surface area contributed by atoms with Gasteiger partial charge in [0.15, 0.2) is 23.2 Å². The second kappa shape index (κ2) is 9.05. The lowest BCUT2D eigenvalue weighted by atomic mass is 10.1. The summed E-state index contributed by atoms with van der Waals surface area (Å²) in [7, 11) is 3.20. The molecule has 3 rings (SSSR count). The summed E-state index contributed by atoms with van der Waals surface area (Å²) < 4.78 is 15.9. The number of anilines is 1. The first-order valence-corrected chi connectivity index (χ1v) is 9.13. The second-order valence-corrected chi connectivity index (χ2v) is 6.76. The van der Waals surface area contributed by atoms with Crippen LogP contribution in [0.1, 0.15) is 10.4 Å². The average molecular weight is 384 g/mol. The number of hydrogen-bond acceptors (Lipinski definition) is 6. The molecule has 0 aliphatic rings. The Hall–Kier alpha value is -3.06. The molecule has 27 heavy (non-hydrogen) atoms. The van der Waals surface area contributed by atoms with Gasteiger partial charge in [0.1, 0.15) is 5.75 Å². The van der Waals surface area contributed by atoms with Gasteiger partial charge in [-0.2, -0.15) is 0 Å². The maximum atomic E-state index is 12.1. The molecule has 0 radical (unpaired) electrons. The van der Waals surface area contributed by atoms with Gasteiger partial charge in [0.05, 0.1) is 14.2 Å². The van der Waals surface area contributed by atoms with E-state index in [0.717, 1.165) is 22.6 Å². The van der Waals surface area contributed by atoms with Crippen molar-refractivity contribution in [3.05, 3.63) is 65.2 Å². The van der Waals surface area contributed by atoms with E-state index in [-0.39, 0.29) is 12.5 Å². The molecule has 0 spiro atoms. The Labute approximate surface area is 161 Å². The molecule has 0 unspecified atom stereocenters. The lowest BCUT2D eigenvalue weighted by molar-refractivity contribution is -0.118. The number of nitrogens with one attached hydrogen (secondary N) is 1. The van der Waals surface area contributed by atoms with E-state index in [4.69, 9.17) is 14.2 Å². The first-order valence-electron chi connectivity index (χ1n) is 8.31. The van der Waals surface area contributed by atoms with Gasteiger partial charge in [-0.1, -0.05) is 24.3 Å². The van der Waals surface area contributed by atoms with E-state index in [1.165, 1.54) is 11.3 Å². The standard InChI is InChI=1S/C20H20N2O4S/c1-24-15-9-7-14(8-10-15)11-16-12-21-20(27-16)22-19(23)13-26-18-6-4-3-5-17(18)25-2/h3-10,12H,11,13H2,1-2H3,(H,21,22,23). The molecule has 6 nitrogen and oxygen atoms in total. The first kappa shape index (κ1) is 18.7. The Bertz CT molecular complexity index is 893. The summed E-state index contributed by atoms with van der Waals surface area (Å²) in [6, 6.07) is 15.1. The van der Waals surface area contributed by atoms with Crippen LogP contribution >= 0.6 is 11.3 Å². The molecule has 0 saturated carbocycles. The normalized spacial score (nSPS) is 10.3. The number of rotatable bonds is 8. The minimum Gasteiger partial charge on any atom is -0.497 e. The van der Waals surface area contributed by atoms with Gasteiger partial charge in [0, 0.05) is 17.5 Å². The predicted octanol–water partition coefficient (Wildman–Crippen LogP) is 3.77. The number of carbonyl (C=O) groups is 1. The molecular weight excluding hydrogens is 364 g/mol. The summed E-state index contributed by atoms with van der Waals surface area (Å²) in [4.78, 5) is 17.4. The zero-order chi connectivity index (χ0) is 19.1. The third kappa shape index (κ3) is 5.21. The molecule has 3 aromatic rings. The van der Waals surface area contributed by atoms with E-state index in [1.54, 1.807) is 32.5 Å². The minimum atomic E-state index is -0.272. The quantitative estimate of drug-likeness (QED) is 0.640. The molecular formula is C20H20N2O4S. The molecule has 0 atom stereocenters. The van der Waals surface area contributed by atoms with Crippen LogP contribution in [0.5, 0.6) is 17.2 Å². The molecule has 140 valence electrons. The van der Waals surface area contributed by atoms with Crippen LogP contribution in [-0.2, 0) is 11.2 Å². The largest absolute Gasteiger partial charge is 0.497 e. The van der Waals surface area contributed by atoms with E-state index in [9.17, 15) is 4.79 Å². The van der Waals surface area contributed by atoms with Crippen molar-refractivity contribution in [2.24, 2.45) is 0 Å². The first-order chi connectivity index (χ1) is 13.2. The van der Waals surface area contributed by atoms with E-state index in [2.05, 4.69) is 10.3 Å². The van der Waals surface area contributed by atoms with Gasteiger partial charge in [0.2, 0.25) is 0 Å². The highest BCUT2D eigenvalue weighted by atomic mass is 32.1. The summed E-state index contributed by atoms with van der Waals surface area (Å²) in [5, 5.41) is 3.31. The molecule has 0 fully saturated rings. The van der Waals surface area contributed by atoms with E-state index in [0.29, 0.717) is 16.6 Å². The van der Waals surface area contributed by atoms with Crippen LogP contribution in [-0.4, -0.2) is 31.7 Å². The maximum absolute atomic E-state index is 12.1. The Balaban J connectivity index is 1.52. The van der Waals surface area contributed by atoms with Crippen LogP contribution in [0.4, 0.5) is 5.13 Å². The van der Waals surface area contributed by atoms with Crippen molar-refractivity contribution in [3.8, 4) is 17.2 Å². The summed E-state index contributed by atoms with van der Waals surface area (Å²) in [6.07, 6.45) is 2.51. The third-order valence-electron chi connectivity index (χ3n) is 3.77. The van der Waals surface area contributed by atoms with E-state index in [1.807, 2.05) is 36.4 Å². The van der Waals surface area contributed by atoms with Crippen LogP contribution in [0, 0.1) is 0 Å². The number of nitrogens with zero attached hydrogens (tertiary/aromatic N) is 1. The lowest BCUT2D eigenvalue weighted by Gasteiger charge is -2.09. The molecule has 1 aromatic heterocycles. The molecule has 1 N–H and O–H groups in total. The van der Waals surface area contributed by atoms with Gasteiger partial charge in [0.25, 0.3) is 5.91 Å². The summed E-state index contributed by atoms with van der Waals surface area (Å²) >= 11 is 1.44. The van der Waals surface area contributed by atoms with Crippen LogP contribution < -0.4 is 19.5 Å². The van der Waals surface area contributed by atoms with Crippen molar-refractivity contribution >= 4 is 22.4 Å². The predicted molar refractivity (Wildman–Crippen MR) is 105 cm³/mol. The van der Waals surface area contributed by atoms with Crippen molar-refractivity contribution in [1.82, 2.24) is 4.98 Å². The van der Waals surface area contributed by atoms with Crippen molar-refractivity contribution < 1.29 is 19.0 Å². The Kier molecular flexibility index (Phi) is 6.27. The van der Waals surface area contributed by atoms with Crippen molar-refractivity contribution in [1.29, 1.82) is 0 Å². The van der Waals surface area contributed by atoms with Crippen LogP contribution in [0.3, 0.4) is 0 Å². The fourth-order valence-corrected chi connectivity index (χ4v) is 3.29. The Morgan fingerprint density at radius 1 is 1.04 bits per heavy atom. The average Bonchev–Trinajstić information content (AvgIpc) is 3.13. The smallest absolute Gasteiger partial charge is 0.264 e. The number of methoxy groups -OCH3 is 2. The molecule has 1 heterocycles. The molecule has 1 amide bonds. The number of aromatic nitrogens is 1. The van der Waals surface area contributed by atoms with Crippen LogP contribution in [0.2, 0.25) is 0 Å². The fourth-order valence-electron chi connectivity index (χ4n) is 2.43. The zero-order valence-corrected chi connectivity index (χ0v) is 15.9. The topological polar surface area (TPSA) is 69.7 Å². The van der Waals surface area contributed by atoms with Gasteiger partial charge in [-0.3, -0.25) is 10.1 Å². The Morgan fingerprint density at radius 3 is 2.48 bits per heavy atom. The molecule has 2 aromatic carbocycles. The number of amides is 1. The lowest BCUT2D eigenvalue weighted by Crippen LogP contribution is -2.20. The highest BCUT2D eigenvalue weighted by Gasteiger charge is 2.10. The van der Waals surface area contributed by atoms with Gasteiger partial charge >= 0.3 is 0 Å². The molecule has 0 aliphatic heterocycles. The maximum Gasteiger partial charge on any atom is 0.264 e. The van der Waals surface area contributed by atoms with Crippen LogP contribution in [0.15, 0.2) is 54.7 Å². The SMILES string of the molecule is COc1ccc(Cc2cnc(NC(=O)COc3ccccc3OC)s2)cc1. The molecule has 7 heteroatoms. The van der Waals surface area contributed by atoms with E-state index >= 15 is 0 Å².